The third-order valence-corrected chi connectivity index (χ3v) is 6.24. The first kappa shape index (κ1) is 21.9. The zero-order valence-corrected chi connectivity index (χ0v) is 18.4. The highest BCUT2D eigenvalue weighted by atomic mass is 35.5. The lowest BCUT2D eigenvalue weighted by atomic mass is 9.94. The molecule has 1 aliphatic heterocycles. The van der Waals surface area contributed by atoms with Crippen molar-refractivity contribution in [2.45, 2.75) is 58.5 Å². The van der Waals surface area contributed by atoms with Gasteiger partial charge in [0.25, 0.3) is 5.91 Å². The highest BCUT2D eigenvalue weighted by molar-refractivity contribution is 6.34. The molecule has 6 nitrogen and oxygen atoms in total. The maximum atomic E-state index is 12.5. The SMILES string of the molecule is CC1CCN(C(CNC(=O)Nc2ccc(Cl)c(C(=O)NC3CC3)c2)C(C)C)CC1. The quantitative estimate of drug-likeness (QED) is 0.621. The van der Waals surface area contributed by atoms with Crippen molar-refractivity contribution in [1.29, 1.82) is 0 Å². The van der Waals surface area contributed by atoms with Gasteiger partial charge >= 0.3 is 6.03 Å². The van der Waals surface area contributed by atoms with E-state index in [1.165, 1.54) is 12.8 Å². The van der Waals surface area contributed by atoms with Crippen molar-refractivity contribution in [1.82, 2.24) is 15.5 Å². The highest BCUT2D eigenvalue weighted by Gasteiger charge is 2.26. The van der Waals surface area contributed by atoms with Gasteiger partial charge in [-0.1, -0.05) is 32.4 Å². The van der Waals surface area contributed by atoms with Crippen molar-refractivity contribution in [2.75, 3.05) is 25.0 Å². The fraction of sp³-hybridized carbons (Fsp3) is 0.636. The maximum Gasteiger partial charge on any atom is 0.319 e. The van der Waals surface area contributed by atoms with Crippen LogP contribution >= 0.6 is 11.6 Å². The van der Waals surface area contributed by atoms with E-state index >= 15 is 0 Å². The number of nitrogens with zero attached hydrogens (tertiary/aromatic N) is 1. The van der Waals surface area contributed by atoms with Crippen molar-refractivity contribution in [3.8, 4) is 0 Å². The summed E-state index contributed by atoms with van der Waals surface area (Å²) in [6, 6.07) is 5.29. The van der Waals surface area contributed by atoms with E-state index in [4.69, 9.17) is 11.6 Å². The molecular formula is C22H33ClN4O2. The van der Waals surface area contributed by atoms with Gasteiger partial charge in [-0.15, -0.1) is 0 Å². The summed E-state index contributed by atoms with van der Waals surface area (Å²) in [7, 11) is 0. The molecule has 1 aliphatic carbocycles. The molecule has 0 bridgehead atoms. The van der Waals surface area contributed by atoms with Crippen LogP contribution in [0.25, 0.3) is 0 Å². The summed E-state index contributed by atoms with van der Waals surface area (Å²) < 4.78 is 0. The fourth-order valence-electron chi connectivity index (χ4n) is 3.79. The Morgan fingerprint density at radius 1 is 1.17 bits per heavy atom. The second kappa shape index (κ2) is 9.81. The number of nitrogens with one attached hydrogen (secondary N) is 3. The molecule has 160 valence electrons. The summed E-state index contributed by atoms with van der Waals surface area (Å²) in [5.74, 6) is 1.05. The Morgan fingerprint density at radius 3 is 2.48 bits per heavy atom. The monoisotopic (exact) mass is 420 g/mol. The molecule has 7 heteroatoms. The Morgan fingerprint density at radius 2 is 1.86 bits per heavy atom. The molecule has 1 aromatic carbocycles. The van der Waals surface area contributed by atoms with E-state index in [1.807, 2.05) is 0 Å². The number of likely N-dealkylation sites (tertiary alicyclic amines) is 1. The van der Waals surface area contributed by atoms with Gasteiger partial charge in [-0.3, -0.25) is 9.69 Å². The summed E-state index contributed by atoms with van der Waals surface area (Å²) in [5.41, 5.74) is 0.944. The molecule has 2 fully saturated rings. The second-order valence-corrected chi connectivity index (χ2v) is 9.21. The van der Waals surface area contributed by atoms with Gasteiger partial charge in [-0.05, 0) is 68.8 Å². The standard InChI is InChI=1S/C22H33ClN4O2/c1-14(2)20(27-10-8-15(3)9-11-27)13-24-22(29)26-17-6-7-19(23)18(12-17)21(28)25-16-4-5-16/h6-7,12,14-16,20H,4-5,8-11,13H2,1-3H3,(H,25,28)(H2,24,26,29). The van der Waals surface area contributed by atoms with Gasteiger partial charge in [0.2, 0.25) is 0 Å². The predicted molar refractivity (Wildman–Crippen MR) is 118 cm³/mol. The molecule has 0 radical (unpaired) electrons. The number of benzene rings is 1. The van der Waals surface area contributed by atoms with Crippen LogP contribution in [0.15, 0.2) is 18.2 Å². The number of amides is 3. The number of hydrogen-bond acceptors (Lipinski definition) is 3. The molecule has 3 rings (SSSR count). The minimum Gasteiger partial charge on any atom is -0.349 e. The molecule has 1 saturated carbocycles. The van der Waals surface area contributed by atoms with Crippen LogP contribution in [0.1, 0.15) is 56.8 Å². The Bertz CT molecular complexity index is 728. The van der Waals surface area contributed by atoms with Crippen molar-refractivity contribution in [3.05, 3.63) is 28.8 Å². The van der Waals surface area contributed by atoms with Crippen molar-refractivity contribution in [2.24, 2.45) is 11.8 Å². The molecule has 1 aromatic rings. The number of carbonyl (C=O) groups is 2. The number of carbonyl (C=O) groups excluding carboxylic acids is 2. The Balaban J connectivity index is 1.54. The third-order valence-electron chi connectivity index (χ3n) is 5.91. The molecule has 1 saturated heterocycles. The first-order chi connectivity index (χ1) is 13.8. The van der Waals surface area contributed by atoms with Crippen molar-refractivity contribution < 1.29 is 9.59 Å². The molecule has 3 N–H and O–H groups in total. The molecule has 29 heavy (non-hydrogen) atoms. The van der Waals surface area contributed by atoms with Gasteiger partial charge in [0, 0.05) is 24.3 Å². The topological polar surface area (TPSA) is 73.5 Å². The molecule has 1 heterocycles. The van der Waals surface area contributed by atoms with Crippen LogP contribution in [0, 0.1) is 11.8 Å². The number of hydrogen-bond donors (Lipinski definition) is 3. The van der Waals surface area contributed by atoms with E-state index in [2.05, 4.69) is 41.6 Å². The summed E-state index contributed by atoms with van der Waals surface area (Å²) in [5, 5.41) is 9.14. The zero-order chi connectivity index (χ0) is 21.0. The lowest BCUT2D eigenvalue weighted by molar-refractivity contribution is 0.0951. The van der Waals surface area contributed by atoms with Gasteiger partial charge in [-0.2, -0.15) is 0 Å². The highest BCUT2D eigenvalue weighted by Crippen LogP contribution is 2.24. The zero-order valence-electron chi connectivity index (χ0n) is 17.6. The van der Waals surface area contributed by atoms with E-state index < -0.39 is 0 Å². The van der Waals surface area contributed by atoms with E-state index in [1.54, 1.807) is 18.2 Å². The molecule has 0 spiro atoms. The molecule has 1 atom stereocenters. The lowest BCUT2D eigenvalue weighted by Gasteiger charge is -2.38. The largest absolute Gasteiger partial charge is 0.349 e. The predicted octanol–water partition coefficient (Wildman–Crippen LogP) is 4.11. The van der Waals surface area contributed by atoms with E-state index in [9.17, 15) is 9.59 Å². The third kappa shape index (κ3) is 6.34. The number of piperidine rings is 1. The fourth-order valence-corrected chi connectivity index (χ4v) is 3.99. The van der Waals surface area contributed by atoms with Crippen LogP contribution in [0.2, 0.25) is 5.02 Å². The summed E-state index contributed by atoms with van der Waals surface area (Å²) >= 11 is 6.17. The normalized spacial score (nSPS) is 19.1. The summed E-state index contributed by atoms with van der Waals surface area (Å²) in [6.07, 6.45) is 4.45. The molecule has 2 aliphatic rings. The minimum absolute atomic E-state index is 0.194. The first-order valence-electron chi connectivity index (χ1n) is 10.7. The van der Waals surface area contributed by atoms with Crippen LogP contribution in [0.3, 0.4) is 0 Å². The van der Waals surface area contributed by atoms with Gasteiger partial charge in [0.05, 0.1) is 10.6 Å². The van der Waals surface area contributed by atoms with E-state index in [-0.39, 0.29) is 18.0 Å². The average Bonchev–Trinajstić information content (AvgIpc) is 3.48. The lowest BCUT2D eigenvalue weighted by Crippen LogP contribution is -2.50. The van der Waals surface area contributed by atoms with Gasteiger partial charge < -0.3 is 16.0 Å². The molecule has 1 unspecified atom stereocenters. The number of rotatable bonds is 7. The maximum absolute atomic E-state index is 12.5. The van der Waals surface area contributed by atoms with Crippen LogP contribution in [-0.2, 0) is 0 Å². The van der Waals surface area contributed by atoms with E-state index in [0.717, 1.165) is 31.8 Å². The van der Waals surface area contributed by atoms with Crippen LogP contribution in [0.4, 0.5) is 10.5 Å². The van der Waals surface area contributed by atoms with Crippen molar-refractivity contribution in [3.63, 3.8) is 0 Å². The summed E-state index contributed by atoms with van der Waals surface area (Å²) in [4.78, 5) is 27.3. The Kier molecular flexibility index (Phi) is 7.41. The number of halogens is 1. The number of urea groups is 1. The minimum atomic E-state index is -0.267. The smallest absolute Gasteiger partial charge is 0.319 e. The molecular weight excluding hydrogens is 388 g/mol. The number of anilines is 1. The Hall–Kier alpha value is -1.79. The van der Waals surface area contributed by atoms with Crippen molar-refractivity contribution >= 4 is 29.2 Å². The average molecular weight is 421 g/mol. The van der Waals surface area contributed by atoms with Crippen LogP contribution < -0.4 is 16.0 Å². The second-order valence-electron chi connectivity index (χ2n) is 8.81. The van der Waals surface area contributed by atoms with Gasteiger partial charge in [0.1, 0.15) is 0 Å². The Labute approximate surface area is 178 Å². The van der Waals surface area contributed by atoms with Crippen LogP contribution in [0.5, 0.6) is 0 Å². The first-order valence-corrected chi connectivity index (χ1v) is 11.1. The van der Waals surface area contributed by atoms with Gasteiger partial charge in [0.15, 0.2) is 0 Å². The summed E-state index contributed by atoms with van der Waals surface area (Å²) in [6.45, 7) is 9.48. The molecule has 3 amide bonds. The van der Waals surface area contributed by atoms with E-state index in [0.29, 0.717) is 34.8 Å². The van der Waals surface area contributed by atoms with Gasteiger partial charge in [-0.25, -0.2) is 4.79 Å². The molecule has 0 aromatic heterocycles. The van der Waals surface area contributed by atoms with Crippen LogP contribution in [-0.4, -0.2) is 48.6 Å².